The molecule has 1 aromatic carbocycles. The SMILES string of the molecule is CS(=O)(=O)Nc1cc(NC2CCCCC2)ccc1F. The lowest BCUT2D eigenvalue weighted by molar-refractivity contribution is 0.462. The van der Waals surface area contributed by atoms with E-state index in [4.69, 9.17) is 0 Å². The molecule has 1 fully saturated rings. The normalized spacial score (nSPS) is 17.2. The highest BCUT2D eigenvalue weighted by molar-refractivity contribution is 7.92. The van der Waals surface area contributed by atoms with Crippen molar-refractivity contribution in [2.24, 2.45) is 0 Å². The van der Waals surface area contributed by atoms with Gasteiger partial charge in [0.25, 0.3) is 0 Å². The number of halogens is 1. The van der Waals surface area contributed by atoms with Crippen LogP contribution < -0.4 is 10.0 Å². The van der Waals surface area contributed by atoms with Gasteiger partial charge in [-0.25, -0.2) is 12.8 Å². The second-order valence-electron chi connectivity index (χ2n) is 5.05. The molecule has 2 N–H and O–H groups in total. The van der Waals surface area contributed by atoms with Gasteiger partial charge in [-0.1, -0.05) is 19.3 Å². The van der Waals surface area contributed by atoms with Crippen LogP contribution in [-0.2, 0) is 10.0 Å². The Hall–Kier alpha value is -1.30. The largest absolute Gasteiger partial charge is 0.382 e. The fourth-order valence-corrected chi connectivity index (χ4v) is 2.93. The van der Waals surface area contributed by atoms with Crippen LogP contribution in [0.2, 0.25) is 0 Å². The van der Waals surface area contributed by atoms with Crippen LogP contribution in [0, 0.1) is 5.82 Å². The summed E-state index contributed by atoms with van der Waals surface area (Å²) in [6.45, 7) is 0. The van der Waals surface area contributed by atoms with E-state index in [1.165, 1.54) is 31.4 Å². The van der Waals surface area contributed by atoms with Crippen LogP contribution in [0.15, 0.2) is 18.2 Å². The first-order chi connectivity index (χ1) is 8.94. The first kappa shape index (κ1) is 14.1. The highest BCUT2D eigenvalue weighted by atomic mass is 32.2. The first-order valence-corrected chi connectivity index (χ1v) is 8.37. The quantitative estimate of drug-likeness (QED) is 0.894. The lowest BCUT2D eigenvalue weighted by Gasteiger charge is -2.24. The van der Waals surface area contributed by atoms with Crippen molar-refractivity contribution in [1.29, 1.82) is 0 Å². The summed E-state index contributed by atoms with van der Waals surface area (Å²) in [4.78, 5) is 0. The molecule has 0 spiro atoms. The van der Waals surface area contributed by atoms with Crippen molar-refractivity contribution in [1.82, 2.24) is 0 Å². The van der Waals surface area contributed by atoms with Gasteiger partial charge >= 0.3 is 0 Å². The molecule has 1 aromatic rings. The van der Waals surface area contributed by atoms with Gasteiger partial charge < -0.3 is 5.32 Å². The van der Waals surface area contributed by atoms with Gasteiger partial charge in [0, 0.05) is 11.7 Å². The number of rotatable bonds is 4. The Morgan fingerprint density at radius 2 is 1.89 bits per heavy atom. The maximum absolute atomic E-state index is 13.5. The fourth-order valence-electron chi connectivity index (χ4n) is 2.38. The second kappa shape index (κ2) is 5.77. The standard InChI is InChI=1S/C13H19FN2O2S/c1-19(17,18)16-13-9-11(7-8-12(13)14)15-10-5-3-2-4-6-10/h7-10,15-16H,2-6H2,1H3. The number of anilines is 2. The minimum absolute atomic E-state index is 0.0108. The third-order valence-electron chi connectivity index (χ3n) is 3.24. The van der Waals surface area contributed by atoms with Crippen molar-refractivity contribution in [3.05, 3.63) is 24.0 Å². The minimum atomic E-state index is -3.47. The van der Waals surface area contributed by atoms with Crippen LogP contribution >= 0.6 is 0 Å². The van der Waals surface area contributed by atoms with Crippen LogP contribution in [0.5, 0.6) is 0 Å². The van der Waals surface area contributed by atoms with Crippen molar-refractivity contribution < 1.29 is 12.8 Å². The molecule has 0 unspecified atom stereocenters. The molecule has 0 amide bonds. The summed E-state index contributed by atoms with van der Waals surface area (Å²) in [5.41, 5.74) is 0.739. The minimum Gasteiger partial charge on any atom is -0.382 e. The first-order valence-electron chi connectivity index (χ1n) is 6.48. The summed E-state index contributed by atoms with van der Waals surface area (Å²) in [6.07, 6.45) is 6.88. The summed E-state index contributed by atoms with van der Waals surface area (Å²) in [5, 5.41) is 3.33. The second-order valence-corrected chi connectivity index (χ2v) is 6.80. The molecule has 0 saturated heterocycles. The Morgan fingerprint density at radius 1 is 1.21 bits per heavy atom. The molecule has 19 heavy (non-hydrogen) atoms. The maximum Gasteiger partial charge on any atom is 0.229 e. The Labute approximate surface area is 113 Å². The zero-order valence-electron chi connectivity index (χ0n) is 10.9. The molecule has 0 bridgehead atoms. The number of sulfonamides is 1. The molecule has 106 valence electrons. The van der Waals surface area contributed by atoms with Crippen LogP contribution in [0.3, 0.4) is 0 Å². The molecule has 2 rings (SSSR count). The summed E-state index contributed by atoms with van der Waals surface area (Å²) < 4.78 is 38.0. The number of hydrogen-bond acceptors (Lipinski definition) is 3. The summed E-state index contributed by atoms with van der Waals surface area (Å²) in [5.74, 6) is -0.570. The highest BCUT2D eigenvalue weighted by Gasteiger charge is 2.14. The molecule has 0 aliphatic heterocycles. The van der Waals surface area contributed by atoms with E-state index in [-0.39, 0.29) is 5.69 Å². The lowest BCUT2D eigenvalue weighted by Crippen LogP contribution is -2.22. The highest BCUT2D eigenvalue weighted by Crippen LogP contribution is 2.25. The summed E-state index contributed by atoms with van der Waals surface area (Å²) in [6, 6.07) is 4.81. The van der Waals surface area contributed by atoms with E-state index >= 15 is 0 Å². The average molecular weight is 286 g/mol. The number of hydrogen-bond donors (Lipinski definition) is 2. The molecule has 0 heterocycles. The van der Waals surface area contributed by atoms with Crippen molar-refractivity contribution >= 4 is 21.4 Å². The molecule has 0 atom stereocenters. The van der Waals surface area contributed by atoms with Crippen molar-refractivity contribution in [2.75, 3.05) is 16.3 Å². The van der Waals surface area contributed by atoms with Gasteiger partial charge in [0.1, 0.15) is 5.82 Å². The molecular weight excluding hydrogens is 267 g/mol. The predicted molar refractivity (Wildman–Crippen MR) is 75.4 cm³/mol. The third kappa shape index (κ3) is 4.38. The summed E-state index contributed by atoms with van der Waals surface area (Å²) >= 11 is 0. The Morgan fingerprint density at radius 3 is 2.53 bits per heavy atom. The van der Waals surface area contributed by atoms with Crippen molar-refractivity contribution in [2.45, 2.75) is 38.1 Å². The van der Waals surface area contributed by atoms with Gasteiger partial charge in [-0.05, 0) is 31.0 Å². The smallest absolute Gasteiger partial charge is 0.229 e. The third-order valence-corrected chi connectivity index (χ3v) is 3.83. The van der Waals surface area contributed by atoms with Gasteiger partial charge in [0.05, 0.1) is 11.9 Å². The molecule has 1 aliphatic carbocycles. The lowest BCUT2D eigenvalue weighted by atomic mass is 9.95. The van der Waals surface area contributed by atoms with Gasteiger partial charge in [-0.2, -0.15) is 0 Å². The zero-order chi connectivity index (χ0) is 13.9. The fraction of sp³-hybridized carbons (Fsp3) is 0.538. The van der Waals surface area contributed by atoms with E-state index in [1.54, 1.807) is 6.07 Å². The van der Waals surface area contributed by atoms with Crippen LogP contribution in [-0.4, -0.2) is 20.7 Å². The molecule has 0 radical (unpaired) electrons. The van der Waals surface area contributed by atoms with Crippen molar-refractivity contribution in [3.8, 4) is 0 Å². The van der Waals surface area contributed by atoms with E-state index in [1.807, 2.05) is 0 Å². The zero-order valence-corrected chi connectivity index (χ0v) is 11.8. The molecule has 1 saturated carbocycles. The van der Waals surface area contributed by atoms with E-state index in [2.05, 4.69) is 10.0 Å². The Bertz CT molecular complexity index is 540. The molecule has 1 aliphatic rings. The Balaban J connectivity index is 2.11. The van der Waals surface area contributed by atoms with Crippen LogP contribution in [0.1, 0.15) is 32.1 Å². The van der Waals surface area contributed by atoms with Gasteiger partial charge in [-0.15, -0.1) is 0 Å². The van der Waals surface area contributed by atoms with E-state index in [0.29, 0.717) is 6.04 Å². The van der Waals surface area contributed by atoms with E-state index in [9.17, 15) is 12.8 Å². The molecule has 0 aromatic heterocycles. The van der Waals surface area contributed by atoms with Crippen LogP contribution in [0.25, 0.3) is 0 Å². The topological polar surface area (TPSA) is 58.2 Å². The molecular formula is C13H19FN2O2S. The van der Waals surface area contributed by atoms with Gasteiger partial charge in [0.15, 0.2) is 0 Å². The van der Waals surface area contributed by atoms with E-state index in [0.717, 1.165) is 24.8 Å². The van der Waals surface area contributed by atoms with Crippen molar-refractivity contribution in [3.63, 3.8) is 0 Å². The van der Waals surface area contributed by atoms with Gasteiger partial charge in [0.2, 0.25) is 10.0 Å². The van der Waals surface area contributed by atoms with Crippen LogP contribution in [0.4, 0.5) is 15.8 Å². The average Bonchev–Trinajstić information content (AvgIpc) is 2.33. The predicted octanol–water partition coefficient (Wildman–Crippen LogP) is 2.94. The molecule has 4 nitrogen and oxygen atoms in total. The monoisotopic (exact) mass is 286 g/mol. The number of benzene rings is 1. The van der Waals surface area contributed by atoms with E-state index < -0.39 is 15.8 Å². The molecule has 6 heteroatoms. The Kier molecular flexibility index (Phi) is 4.29. The number of nitrogens with one attached hydrogen (secondary N) is 2. The summed E-state index contributed by atoms with van der Waals surface area (Å²) in [7, 11) is -3.47. The van der Waals surface area contributed by atoms with Gasteiger partial charge in [-0.3, -0.25) is 4.72 Å². The maximum atomic E-state index is 13.5.